The van der Waals surface area contributed by atoms with Crippen molar-refractivity contribution < 1.29 is 4.79 Å². The lowest BCUT2D eigenvalue weighted by Crippen LogP contribution is -2.15. The third kappa shape index (κ3) is 5.04. The first kappa shape index (κ1) is 18.8. The molecule has 0 aliphatic rings. The molecule has 3 aromatic carbocycles. The molecule has 5 heteroatoms. The largest absolute Gasteiger partial charge is 0.324 e. The fourth-order valence-electron chi connectivity index (χ4n) is 2.58. The molecule has 2 nitrogen and oxygen atoms in total. The summed E-state index contributed by atoms with van der Waals surface area (Å²) in [4.78, 5) is 12.4. The second-order valence-corrected chi connectivity index (χ2v) is 7.62. The SMILES string of the molecule is O=C(CSC(c1ccccc1)c1ccccc1)Nc1cc(Cl)ccc1Cl. The number of hydrogen-bond acceptors (Lipinski definition) is 2. The van der Waals surface area contributed by atoms with Crippen molar-refractivity contribution in [3.63, 3.8) is 0 Å². The van der Waals surface area contributed by atoms with Crippen molar-refractivity contribution in [2.75, 3.05) is 11.1 Å². The van der Waals surface area contributed by atoms with Crippen molar-refractivity contribution in [2.45, 2.75) is 5.25 Å². The van der Waals surface area contributed by atoms with Gasteiger partial charge in [0.2, 0.25) is 5.91 Å². The van der Waals surface area contributed by atoms with E-state index in [1.807, 2.05) is 36.4 Å². The second-order valence-electron chi connectivity index (χ2n) is 5.68. The van der Waals surface area contributed by atoms with Crippen LogP contribution in [0.1, 0.15) is 16.4 Å². The smallest absolute Gasteiger partial charge is 0.234 e. The highest BCUT2D eigenvalue weighted by Gasteiger charge is 2.16. The Hall–Kier alpha value is -1.94. The molecule has 3 aromatic rings. The standard InChI is InChI=1S/C21H17Cl2NOS/c22-17-11-12-18(23)19(13-17)24-20(25)14-26-21(15-7-3-1-4-8-15)16-9-5-2-6-10-16/h1-13,21H,14H2,(H,24,25). The van der Waals surface area contributed by atoms with E-state index >= 15 is 0 Å². The van der Waals surface area contributed by atoms with Crippen molar-refractivity contribution in [3.05, 3.63) is 100 Å². The first-order valence-corrected chi connectivity index (χ1v) is 9.90. The summed E-state index contributed by atoms with van der Waals surface area (Å²) in [7, 11) is 0. The van der Waals surface area contributed by atoms with Gasteiger partial charge >= 0.3 is 0 Å². The summed E-state index contributed by atoms with van der Waals surface area (Å²) in [5, 5.41) is 3.91. The zero-order valence-electron chi connectivity index (χ0n) is 13.9. The van der Waals surface area contributed by atoms with E-state index in [-0.39, 0.29) is 11.2 Å². The number of carbonyl (C=O) groups is 1. The van der Waals surface area contributed by atoms with Gasteiger partial charge in [0.1, 0.15) is 0 Å². The Balaban J connectivity index is 1.72. The Morgan fingerprint density at radius 1 is 0.885 bits per heavy atom. The summed E-state index contributed by atoms with van der Waals surface area (Å²) in [6.45, 7) is 0. The lowest BCUT2D eigenvalue weighted by atomic mass is 10.0. The van der Waals surface area contributed by atoms with E-state index in [0.717, 1.165) is 11.1 Å². The van der Waals surface area contributed by atoms with Crippen LogP contribution in [0.25, 0.3) is 0 Å². The van der Waals surface area contributed by atoms with E-state index in [4.69, 9.17) is 23.2 Å². The van der Waals surface area contributed by atoms with Crippen molar-refractivity contribution >= 4 is 46.6 Å². The first-order valence-electron chi connectivity index (χ1n) is 8.10. The number of rotatable bonds is 6. The molecular formula is C21H17Cl2NOS. The van der Waals surface area contributed by atoms with Gasteiger partial charge < -0.3 is 5.32 Å². The molecule has 0 saturated heterocycles. The van der Waals surface area contributed by atoms with Crippen molar-refractivity contribution in [1.82, 2.24) is 0 Å². The van der Waals surface area contributed by atoms with E-state index in [1.165, 1.54) is 0 Å². The minimum absolute atomic E-state index is 0.0815. The minimum Gasteiger partial charge on any atom is -0.324 e. The van der Waals surface area contributed by atoms with Crippen molar-refractivity contribution in [3.8, 4) is 0 Å². The van der Waals surface area contributed by atoms with E-state index in [2.05, 4.69) is 29.6 Å². The quantitative estimate of drug-likeness (QED) is 0.513. The molecule has 0 radical (unpaired) electrons. The Labute approximate surface area is 167 Å². The molecule has 0 aliphatic heterocycles. The van der Waals surface area contributed by atoms with Crippen LogP contribution in [0.4, 0.5) is 5.69 Å². The number of carbonyl (C=O) groups excluding carboxylic acids is 1. The molecule has 1 N–H and O–H groups in total. The van der Waals surface area contributed by atoms with Gasteiger partial charge in [-0.1, -0.05) is 83.9 Å². The second kappa shape index (κ2) is 9.13. The van der Waals surface area contributed by atoms with Crippen LogP contribution in [0.2, 0.25) is 10.0 Å². The van der Waals surface area contributed by atoms with Crippen LogP contribution >= 0.6 is 35.0 Å². The van der Waals surface area contributed by atoms with Crippen molar-refractivity contribution in [2.24, 2.45) is 0 Å². The molecule has 132 valence electrons. The van der Waals surface area contributed by atoms with Gasteiger partial charge in [0, 0.05) is 5.02 Å². The Kier molecular flexibility index (Phi) is 6.62. The van der Waals surface area contributed by atoms with E-state index in [1.54, 1.807) is 30.0 Å². The molecule has 0 spiro atoms. The summed E-state index contributed by atoms with van der Waals surface area (Å²) in [6.07, 6.45) is 0. The fourth-order valence-corrected chi connectivity index (χ4v) is 4.01. The maximum absolute atomic E-state index is 12.4. The fraction of sp³-hybridized carbons (Fsp3) is 0.0952. The molecule has 1 amide bonds. The number of benzene rings is 3. The van der Waals surface area contributed by atoms with Crippen LogP contribution in [-0.2, 0) is 4.79 Å². The lowest BCUT2D eigenvalue weighted by molar-refractivity contribution is -0.113. The summed E-state index contributed by atoms with van der Waals surface area (Å²) in [6, 6.07) is 25.4. The molecule has 0 bridgehead atoms. The van der Waals surface area contributed by atoms with E-state index < -0.39 is 0 Å². The highest BCUT2D eigenvalue weighted by atomic mass is 35.5. The molecule has 0 aliphatic carbocycles. The summed E-state index contributed by atoms with van der Waals surface area (Å²) >= 11 is 13.7. The number of hydrogen-bond donors (Lipinski definition) is 1. The van der Waals surface area contributed by atoms with Gasteiger partial charge in [-0.15, -0.1) is 11.8 Å². The zero-order valence-corrected chi connectivity index (χ0v) is 16.2. The maximum Gasteiger partial charge on any atom is 0.234 e. The van der Waals surface area contributed by atoms with Crippen molar-refractivity contribution in [1.29, 1.82) is 0 Å². The monoisotopic (exact) mass is 401 g/mol. The van der Waals surface area contributed by atoms with Crippen LogP contribution in [0, 0.1) is 0 Å². The summed E-state index contributed by atoms with van der Waals surface area (Å²) in [5.74, 6) is 0.188. The number of thioether (sulfide) groups is 1. The molecule has 0 atom stereocenters. The van der Waals surface area contributed by atoms with Gasteiger partial charge in [-0.2, -0.15) is 0 Å². The van der Waals surface area contributed by atoms with Gasteiger partial charge in [0.15, 0.2) is 0 Å². The summed E-state index contributed by atoms with van der Waals surface area (Å²) < 4.78 is 0. The maximum atomic E-state index is 12.4. The Morgan fingerprint density at radius 3 is 2.04 bits per heavy atom. The van der Waals surface area contributed by atoms with Crippen LogP contribution < -0.4 is 5.32 Å². The third-order valence-electron chi connectivity index (χ3n) is 3.79. The molecule has 0 fully saturated rings. The highest BCUT2D eigenvalue weighted by molar-refractivity contribution is 8.00. The molecule has 0 heterocycles. The van der Waals surface area contributed by atoms with Gasteiger partial charge in [-0.05, 0) is 29.3 Å². The van der Waals surface area contributed by atoms with Crippen LogP contribution in [-0.4, -0.2) is 11.7 Å². The minimum atomic E-state index is -0.115. The normalized spacial score (nSPS) is 10.7. The third-order valence-corrected chi connectivity index (χ3v) is 5.66. The molecule has 0 unspecified atom stereocenters. The highest BCUT2D eigenvalue weighted by Crippen LogP contribution is 2.35. The van der Waals surface area contributed by atoms with Crippen LogP contribution in [0.3, 0.4) is 0 Å². The number of anilines is 1. The molecular weight excluding hydrogens is 385 g/mol. The Bertz CT molecular complexity index is 832. The van der Waals surface area contributed by atoms with Gasteiger partial charge in [0.25, 0.3) is 0 Å². The van der Waals surface area contributed by atoms with Crippen LogP contribution in [0.5, 0.6) is 0 Å². The molecule has 3 rings (SSSR count). The number of nitrogens with one attached hydrogen (secondary N) is 1. The van der Waals surface area contributed by atoms with E-state index in [9.17, 15) is 4.79 Å². The predicted molar refractivity (Wildman–Crippen MR) is 112 cm³/mol. The molecule has 0 aromatic heterocycles. The van der Waals surface area contributed by atoms with Gasteiger partial charge in [0.05, 0.1) is 21.7 Å². The van der Waals surface area contributed by atoms with E-state index in [0.29, 0.717) is 21.5 Å². The first-order chi connectivity index (χ1) is 12.6. The van der Waals surface area contributed by atoms with Gasteiger partial charge in [-0.25, -0.2) is 0 Å². The average molecular weight is 402 g/mol. The van der Waals surface area contributed by atoms with Crippen LogP contribution in [0.15, 0.2) is 78.9 Å². The molecule has 0 saturated carbocycles. The predicted octanol–water partition coefficient (Wildman–Crippen LogP) is 6.45. The lowest BCUT2D eigenvalue weighted by Gasteiger charge is -2.17. The topological polar surface area (TPSA) is 29.1 Å². The number of amides is 1. The zero-order chi connectivity index (χ0) is 18.4. The Morgan fingerprint density at radius 2 is 1.46 bits per heavy atom. The molecule has 26 heavy (non-hydrogen) atoms. The number of halogens is 2. The van der Waals surface area contributed by atoms with Gasteiger partial charge in [-0.3, -0.25) is 4.79 Å². The summed E-state index contributed by atoms with van der Waals surface area (Å²) in [5.41, 5.74) is 2.86. The average Bonchev–Trinajstić information content (AvgIpc) is 2.67.